The molecule has 0 aliphatic rings. The molecule has 0 fully saturated rings. The normalized spacial score (nSPS) is 12.4. The van der Waals surface area contributed by atoms with E-state index in [0.717, 1.165) is 25.1 Å². The summed E-state index contributed by atoms with van der Waals surface area (Å²) in [6, 6.07) is 15.0. The smallest absolute Gasteiger partial charge is 0.161 e. The molecule has 0 bridgehead atoms. The summed E-state index contributed by atoms with van der Waals surface area (Å²) in [4.78, 5) is 2.09. The minimum absolute atomic E-state index is 0.238. The molecule has 2 aromatic rings. The monoisotopic (exact) mass is 400 g/mol. The van der Waals surface area contributed by atoms with E-state index in [2.05, 4.69) is 55.3 Å². The van der Waals surface area contributed by atoms with Crippen LogP contribution in [-0.4, -0.2) is 56.0 Å². The second-order valence-electron chi connectivity index (χ2n) is 7.90. The van der Waals surface area contributed by atoms with Gasteiger partial charge in [0.2, 0.25) is 0 Å². The van der Waals surface area contributed by atoms with Crippen molar-refractivity contribution in [2.45, 2.75) is 45.9 Å². The number of ether oxygens (including phenoxy) is 2. The van der Waals surface area contributed by atoms with Crippen LogP contribution >= 0.6 is 0 Å². The Labute approximate surface area is 175 Å². The largest absolute Gasteiger partial charge is 0.493 e. The van der Waals surface area contributed by atoms with Gasteiger partial charge in [-0.25, -0.2) is 0 Å². The van der Waals surface area contributed by atoms with Crippen molar-refractivity contribution < 1.29 is 14.6 Å². The van der Waals surface area contributed by atoms with Crippen molar-refractivity contribution in [3.63, 3.8) is 0 Å². The number of aliphatic hydroxyl groups excluding tert-OH is 1. The van der Waals surface area contributed by atoms with Crippen LogP contribution in [0, 0.1) is 6.92 Å². The molecule has 2 rings (SSSR count). The van der Waals surface area contributed by atoms with E-state index in [9.17, 15) is 5.11 Å². The Kier molecular flexibility index (Phi) is 9.45. The van der Waals surface area contributed by atoms with Gasteiger partial charge in [0.15, 0.2) is 11.5 Å². The molecule has 0 radical (unpaired) electrons. The number of rotatable bonds is 12. The van der Waals surface area contributed by atoms with Crippen molar-refractivity contribution >= 4 is 0 Å². The molecule has 29 heavy (non-hydrogen) atoms. The molecule has 0 amide bonds. The summed E-state index contributed by atoms with van der Waals surface area (Å²) in [5, 5.41) is 13.7. The standard InChI is InChI=1S/C24H36N2O3/c1-18(2)26(4)16-22(27)17-29-23-11-10-21(14-24(23)28-5)15-25-13-12-20-8-6-19(3)7-9-20/h6-11,14,18,22,25,27H,12-13,15-17H2,1-5H3/t22-/m0/s1. The van der Waals surface area contributed by atoms with E-state index in [1.165, 1.54) is 11.1 Å². The minimum Gasteiger partial charge on any atom is -0.493 e. The van der Waals surface area contributed by atoms with E-state index in [0.29, 0.717) is 24.1 Å². The van der Waals surface area contributed by atoms with Crippen LogP contribution in [0.3, 0.4) is 0 Å². The zero-order chi connectivity index (χ0) is 21.2. The highest BCUT2D eigenvalue weighted by atomic mass is 16.5. The Hall–Kier alpha value is -2.08. The summed E-state index contributed by atoms with van der Waals surface area (Å²) >= 11 is 0. The molecule has 0 aliphatic heterocycles. The average molecular weight is 401 g/mol. The van der Waals surface area contributed by atoms with Crippen molar-refractivity contribution in [2.24, 2.45) is 0 Å². The first-order chi connectivity index (χ1) is 13.9. The van der Waals surface area contributed by atoms with Crippen LogP contribution in [0.5, 0.6) is 11.5 Å². The summed E-state index contributed by atoms with van der Waals surface area (Å²) in [5.41, 5.74) is 3.76. The topological polar surface area (TPSA) is 54.0 Å². The SMILES string of the molecule is COc1cc(CNCCc2ccc(C)cc2)ccc1OC[C@@H](O)CN(C)C(C)C. The number of aryl methyl sites for hydroxylation is 1. The fourth-order valence-corrected chi connectivity index (χ4v) is 2.94. The quantitative estimate of drug-likeness (QED) is 0.535. The van der Waals surface area contributed by atoms with Gasteiger partial charge in [0, 0.05) is 19.1 Å². The first-order valence-corrected chi connectivity index (χ1v) is 10.3. The Morgan fingerprint density at radius 3 is 2.38 bits per heavy atom. The number of hydrogen-bond acceptors (Lipinski definition) is 5. The van der Waals surface area contributed by atoms with Crippen molar-refractivity contribution in [1.82, 2.24) is 10.2 Å². The van der Waals surface area contributed by atoms with Gasteiger partial charge in [-0.15, -0.1) is 0 Å². The molecule has 0 saturated heterocycles. The maximum absolute atomic E-state index is 10.2. The molecule has 0 heterocycles. The zero-order valence-electron chi connectivity index (χ0n) is 18.4. The van der Waals surface area contributed by atoms with Gasteiger partial charge in [-0.2, -0.15) is 0 Å². The first kappa shape index (κ1) is 23.2. The van der Waals surface area contributed by atoms with Crippen molar-refractivity contribution in [3.05, 3.63) is 59.2 Å². The summed E-state index contributed by atoms with van der Waals surface area (Å²) in [6.07, 6.45) is 0.455. The third kappa shape index (κ3) is 8.05. The Balaban J connectivity index is 1.80. The van der Waals surface area contributed by atoms with Gasteiger partial charge < -0.3 is 24.8 Å². The lowest BCUT2D eigenvalue weighted by Gasteiger charge is -2.24. The second kappa shape index (κ2) is 11.8. The van der Waals surface area contributed by atoms with Gasteiger partial charge in [0.25, 0.3) is 0 Å². The number of nitrogens with zero attached hydrogens (tertiary/aromatic N) is 1. The van der Waals surface area contributed by atoms with Crippen LogP contribution in [0.4, 0.5) is 0 Å². The minimum atomic E-state index is -0.546. The number of methoxy groups -OCH3 is 1. The average Bonchev–Trinajstić information content (AvgIpc) is 2.71. The van der Waals surface area contributed by atoms with Crippen LogP contribution in [0.15, 0.2) is 42.5 Å². The molecule has 2 aromatic carbocycles. The van der Waals surface area contributed by atoms with E-state index in [1.54, 1.807) is 7.11 Å². The summed E-state index contributed by atoms with van der Waals surface area (Å²) in [5.74, 6) is 1.34. The molecule has 0 aliphatic carbocycles. The van der Waals surface area contributed by atoms with E-state index < -0.39 is 6.10 Å². The van der Waals surface area contributed by atoms with Crippen LogP contribution in [0.2, 0.25) is 0 Å². The van der Waals surface area contributed by atoms with Gasteiger partial charge >= 0.3 is 0 Å². The highest BCUT2D eigenvalue weighted by Gasteiger charge is 2.13. The fourth-order valence-electron chi connectivity index (χ4n) is 2.94. The van der Waals surface area contributed by atoms with Crippen LogP contribution in [0.25, 0.3) is 0 Å². The Morgan fingerprint density at radius 1 is 1.03 bits per heavy atom. The van der Waals surface area contributed by atoms with E-state index in [-0.39, 0.29) is 6.61 Å². The van der Waals surface area contributed by atoms with Gasteiger partial charge in [0.05, 0.1) is 7.11 Å². The molecule has 160 valence electrons. The van der Waals surface area contributed by atoms with Gasteiger partial charge in [0.1, 0.15) is 12.7 Å². The molecule has 0 aromatic heterocycles. The van der Waals surface area contributed by atoms with Crippen LogP contribution in [-0.2, 0) is 13.0 Å². The summed E-state index contributed by atoms with van der Waals surface area (Å²) in [6.45, 7) is 8.80. The third-order valence-electron chi connectivity index (χ3n) is 5.08. The molecule has 0 spiro atoms. The number of nitrogens with one attached hydrogen (secondary N) is 1. The number of benzene rings is 2. The first-order valence-electron chi connectivity index (χ1n) is 10.3. The third-order valence-corrected chi connectivity index (χ3v) is 5.08. The lowest BCUT2D eigenvalue weighted by Crippen LogP contribution is -2.36. The summed E-state index contributed by atoms with van der Waals surface area (Å²) in [7, 11) is 3.63. The van der Waals surface area contributed by atoms with Gasteiger partial charge in [-0.1, -0.05) is 35.9 Å². The molecule has 0 unspecified atom stereocenters. The van der Waals surface area contributed by atoms with Crippen molar-refractivity contribution in [3.8, 4) is 11.5 Å². The number of likely N-dealkylation sites (N-methyl/N-ethyl adjacent to an activating group) is 1. The molecule has 5 heteroatoms. The van der Waals surface area contributed by atoms with Crippen molar-refractivity contribution in [2.75, 3.05) is 33.9 Å². The maximum atomic E-state index is 10.2. The Bertz CT molecular complexity index is 731. The van der Waals surface area contributed by atoms with E-state index >= 15 is 0 Å². The maximum Gasteiger partial charge on any atom is 0.161 e. The second-order valence-corrected chi connectivity index (χ2v) is 7.90. The molecule has 5 nitrogen and oxygen atoms in total. The predicted molar refractivity (Wildman–Crippen MR) is 119 cm³/mol. The Morgan fingerprint density at radius 2 is 1.72 bits per heavy atom. The fraction of sp³-hybridized carbons (Fsp3) is 0.500. The lowest BCUT2D eigenvalue weighted by molar-refractivity contribution is 0.0668. The number of hydrogen-bond donors (Lipinski definition) is 2. The highest BCUT2D eigenvalue weighted by Crippen LogP contribution is 2.28. The highest BCUT2D eigenvalue weighted by molar-refractivity contribution is 5.43. The van der Waals surface area contributed by atoms with E-state index in [1.807, 2.05) is 25.2 Å². The predicted octanol–water partition coefficient (Wildman–Crippen LogP) is 3.42. The molecular weight excluding hydrogens is 364 g/mol. The molecule has 2 N–H and O–H groups in total. The zero-order valence-corrected chi connectivity index (χ0v) is 18.4. The van der Waals surface area contributed by atoms with Crippen LogP contribution < -0.4 is 14.8 Å². The van der Waals surface area contributed by atoms with Crippen LogP contribution in [0.1, 0.15) is 30.5 Å². The van der Waals surface area contributed by atoms with Gasteiger partial charge in [-0.05, 0) is 64.0 Å². The number of aliphatic hydroxyl groups is 1. The molecular formula is C24H36N2O3. The van der Waals surface area contributed by atoms with E-state index in [4.69, 9.17) is 9.47 Å². The lowest BCUT2D eigenvalue weighted by atomic mass is 10.1. The summed E-state index contributed by atoms with van der Waals surface area (Å²) < 4.78 is 11.3. The van der Waals surface area contributed by atoms with Gasteiger partial charge in [-0.3, -0.25) is 0 Å². The molecule has 0 saturated carbocycles. The molecule has 1 atom stereocenters. The van der Waals surface area contributed by atoms with Crippen molar-refractivity contribution in [1.29, 1.82) is 0 Å².